The highest BCUT2D eigenvalue weighted by Crippen LogP contribution is 2.29. The molecule has 3 aromatic rings. The molecule has 2 aliphatic heterocycles. The molecule has 9 heteroatoms. The van der Waals surface area contributed by atoms with Gasteiger partial charge in [-0.05, 0) is 60.6 Å². The first-order chi connectivity index (χ1) is 19.0. The van der Waals surface area contributed by atoms with E-state index in [-0.39, 0.29) is 29.7 Å². The number of piperidine rings is 1. The summed E-state index contributed by atoms with van der Waals surface area (Å²) in [5, 5.41) is 10.1. The van der Waals surface area contributed by atoms with Crippen LogP contribution in [0.4, 0.5) is 10.5 Å². The number of urea groups is 1. The number of likely N-dealkylation sites (tertiary alicyclic amines) is 1. The molecular weight excluding hydrogens is 492 g/mol. The number of aromatic nitrogens is 1. The predicted octanol–water partition coefficient (Wildman–Crippen LogP) is 2.87. The molecule has 6 rings (SSSR count). The molecule has 2 saturated heterocycles. The molecule has 2 fully saturated rings. The summed E-state index contributed by atoms with van der Waals surface area (Å²) >= 11 is 0. The van der Waals surface area contributed by atoms with Crippen LogP contribution in [0.25, 0.3) is 10.9 Å². The van der Waals surface area contributed by atoms with Crippen LogP contribution in [0.3, 0.4) is 0 Å². The van der Waals surface area contributed by atoms with E-state index in [0.717, 1.165) is 41.4 Å². The number of rotatable bonds is 8. The summed E-state index contributed by atoms with van der Waals surface area (Å²) in [7, 11) is 0. The third kappa shape index (κ3) is 5.63. The smallest absolute Gasteiger partial charge is 0.317 e. The summed E-state index contributed by atoms with van der Waals surface area (Å²) in [6, 6.07) is 14.3. The zero-order valence-corrected chi connectivity index (χ0v) is 22.2. The third-order valence-corrected chi connectivity index (χ3v) is 8.33. The highest BCUT2D eigenvalue weighted by Gasteiger charge is 2.35. The van der Waals surface area contributed by atoms with Gasteiger partial charge in [-0.3, -0.25) is 14.5 Å². The second-order valence-electron chi connectivity index (χ2n) is 11.0. The molecule has 2 atom stereocenters. The van der Waals surface area contributed by atoms with Crippen LogP contribution in [-0.2, 0) is 29.0 Å². The Labute approximate surface area is 228 Å². The molecular formula is C30H36N6O3. The fraction of sp³-hybridized carbons (Fsp3) is 0.433. The molecule has 4 N–H and O–H groups in total. The molecule has 0 unspecified atom stereocenters. The minimum absolute atomic E-state index is 0.0388. The lowest BCUT2D eigenvalue weighted by molar-refractivity contribution is -0.130. The molecule has 0 radical (unpaired) electrons. The zero-order chi connectivity index (χ0) is 26.8. The van der Waals surface area contributed by atoms with Crippen LogP contribution in [0, 0.1) is 11.8 Å². The van der Waals surface area contributed by atoms with Crippen molar-refractivity contribution >= 4 is 34.4 Å². The van der Waals surface area contributed by atoms with Gasteiger partial charge in [0.15, 0.2) is 0 Å². The molecule has 39 heavy (non-hydrogen) atoms. The number of amides is 4. The lowest BCUT2D eigenvalue weighted by Gasteiger charge is -2.36. The van der Waals surface area contributed by atoms with Crippen LogP contribution in [0.15, 0.2) is 48.7 Å². The number of hydrogen-bond acceptors (Lipinski definition) is 4. The van der Waals surface area contributed by atoms with E-state index in [2.05, 4.69) is 50.1 Å². The zero-order valence-electron chi connectivity index (χ0n) is 22.2. The number of H-pyrrole nitrogens is 1. The standard InChI is InChI=1S/C30H36N6O3/c37-28(31-10-12-36-13-11-32-30(36)39)22-14-23(29(38)34-25-9-8-20-4-3-5-21(20)15-25)18-35(17-22)19-24-16-33-27-7-2-1-6-26(24)27/h1-2,6-9,15-16,22-23,33H,3-5,10-14,17-19H2,(H,31,37)(H,32,39)(H,34,38)/t22-,23+/m0/s1. The van der Waals surface area contributed by atoms with Crippen molar-refractivity contribution in [1.82, 2.24) is 25.4 Å². The quantitative estimate of drug-likeness (QED) is 0.361. The van der Waals surface area contributed by atoms with Gasteiger partial charge in [0, 0.05) is 68.6 Å². The molecule has 9 nitrogen and oxygen atoms in total. The summed E-state index contributed by atoms with van der Waals surface area (Å²) in [5.74, 6) is -0.721. The van der Waals surface area contributed by atoms with Crippen LogP contribution in [-0.4, -0.2) is 71.9 Å². The van der Waals surface area contributed by atoms with Crippen molar-refractivity contribution < 1.29 is 14.4 Å². The highest BCUT2D eigenvalue weighted by molar-refractivity contribution is 5.93. The summed E-state index contributed by atoms with van der Waals surface area (Å²) in [5.41, 5.74) is 5.76. The summed E-state index contributed by atoms with van der Waals surface area (Å²) in [6.45, 7) is 4.00. The SMILES string of the molecule is O=C(NCCN1CCNC1=O)[C@H]1C[C@@H](C(=O)Nc2ccc3c(c2)CCC3)CN(Cc2c[nH]c3ccccc23)C1. The van der Waals surface area contributed by atoms with Gasteiger partial charge in [-0.15, -0.1) is 0 Å². The van der Waals surface area contributed by atoms with Gasteiger partial charge in [0.2, 0.25) is 11.8 Å². The first kappa shape index (κ1) is 25.4. The molecule has 0 saturated carbocycles. The number of aryl methyl sites for hydroxylation is 2. The number of fused-ring (bicyclic) bond motifs is 2. The Kier molecular flexibility index (Phi) is 7.24. The Morgan fingerprint density at radius 1 is 1.00 bits per heavy atom. The van der Waals surface area contributed by atoms with Crippen molar-refractivity contribution in [3.8, 4) is 0 Å². The number of anilines is 1. The Hall–Kier alpha value is -3.85. The van der Waals surface area contributed by atoms with Crippen molar-refractivity contribution in [3.63, 3.8) is 0 Å². The van der Waals surface area contributed by atoms with E-state index < -0.39 is 0 Å². The number of benzene rings is 2. The summed E-state index contributed by atoms with van der Waals surface area (Å²) in [6.07, 6.45) is 5.85. The second-order valence-corrected chi connectivity index (χ2v) is 11.0. The van der Waals surface area contributed by atoms with Gasteiger partial charge in [0.25, 0.3) is 0 Å². The number of nitrogens with one attached hydrogen (secondary N) is 4. The van der Waals surface area contributed by atoms with Crippen LogP contribution in [0.5, 0.6) is 0 Å². The van der Waals surface area contributed by atoms with Crippen molar-refractivity contribution in [2.24, 2.45) is 11.8 Å². The largest absolute Gasteiger partial charge is 0.361 e. The van der Waals surface area contributed by atoms with E-state index in [1.165, 1.54) is 11.1 Å². The Morgan fingerprint density at radius 3 is 2.67 bits per heavy atom. The van der Waals surface area contributed by atoms with Crippen LogP contribution in [0.2, 0.25) is 0 Å². The van der Waals surface area contributed by atoms with Crippen molar-refractivity contribution in [2.75, 3.05) is 44.6 Å². The lowest BCUT2D eigenvalue weighted by Crippen LogP contribution is -2.49. The molecule has 0 spiro atoms. The molecule has 1 aliphatic carbocycles. The fourth-order valence-electron chi connectivity index (χ4n) is 6.28. The van der Waals surface area contributed by atoms with Crippen molar-refractivity contribution in [1.29, 1.82) is 0 Å². The van der Waals surface area contributed by atoms with Gasteiger partial charge in [-0.25, -0.2) is 4.79 Å². The molecule has 1 aromatic heterocycles. The summed E-state index contributed by atoms with van der Waals surface area (Å²) in [4.78, 5) is 45.9. The Balaban J connectivity index is 1.15. The van der Waals surface area contributed by atoms with Crippen LogP contribution in [0.1, 0.15) is 29.5 Å². The average Bonchev–Trinajstić information content (AvgIpc) is 3.69. The minimum Gasteiger partial charge on any atom is -0.361 e. The molecule has 3 heterocycles. The number of hydrogen-bond donors (Lipinski definition) is 4. The van der Waals surface area contributed by atoms with Crippen molar-refractivity contribution in [3.05, 3.63) is 65.4 Å². The van der Waals surface area contributed by atoms with E-state index in [0.29, 0.717) is 52.2 Å². The number of aromatic amines is 1. The number of nitrogens with zero attached hydrogens (tertiary/aromatic N) is 2. The number of para-hydroxylation sites is 1. The molecule has 204 valence electrons. The highest BCUT2D eigenvalue weighted by atomic mass is 16.2. The number of carbonyl (C=O) groups excluding carboxylic acids is 3. The third-order valence-electron chi connectivity index (χ3n) is 8.33. The maximum absolute atomic E-state index is 13.5. The predicted molar refractivity (Wildman–Crippen MR) is 150 cm³/mol. The lowest BCUT2D eigenvalue weighted by atomic mass is 9.87. The van der Waals surface area contributed by atoms with Crippen LogP contribution < -0.4 is 16.0 Å². The molecule has 3 aliphatic rings. The van der Waals surface area contributed by atoms with Gasteiger partial charge >= 0.3 is 6.03 Å². The van der Waals surface area contributed by atoms with Gasteiger partial charge in [-0.1, -0.05) is 24.3 Å². The Bertz CT molecular complexity index is 1380. The van der Waals surface area contributed by atoms with Gasteiger partial charge in [0.1, 0.15) is 0 Å². The normalized spacial score (nSPS) is 21.1. The van der Waals surface area contributed by atoms with Gasteiger partial charge in [-0.2, -0.15) is 0 Å². The number of carbonyl (C=O) groups is 3. The molecule has 4 amide bonds. The van der Waals surface area contributed by atoms with Gasteiger partial charge < -0.3 is 25.8 Å². The van der Waals surface area contributed by atoms with E-state index in [9.17, 15) is 14.4 Å². The summed E-state index contributed by atoms with van der Waals surface area (Å²) < 4.78 is 0. The van der Waals surface area contributed by atoms with Gasteiger partial charge in [0.05, 0.1) is 11.8 Å². The molecule has 2 aromatic carbocycles. The molecule has 0 bridgehead atoms. The van der Waals surface area contributed by atoms with Crippen molar-refractivity contribution in [2.45, 2.75) is 32.2 Å². The van der Waals surface area contributed by atoms with E-state index in [1.807, 2.05) is 24.4 Å². The monoisotopic (exact) mass is 528 g/mol. The van der Waals surface area contributed by atoms with Crippen LogP contribution >= 0.6 is 0 Å². The van der Waals surface area contributed by atoms with E-state index in [1.54, 1.807) is 4.90 Å². The first-order valence-electron chi connectivity index (χ1n) is 14.0. The average molecular weight is 529 g/mol. The fourth-order valence-corrected chi connectivity index (χ4v) is 6.28. The minimum atomic E-state index is -0.313. The Morgan fingerprint density at radius 2 is 1.82 bits per heavy atom. The van der Waals surface area contributed by atoms with E-state index >= 15 is 0 Å². The second kappa shape index (κ2) is 11.1. The topological polar surface area (TPSA) is 110 Å². The first-order valence-corrected chi connectivity index (χ1v) is 14.0. The van der Waals surface area contributed by atoms with E-state index in [4.69, 9.17) is 0 Å². The maximum Gasteiger partial charge on any atom is 0.317 e. The maximum atomic E-state index is 13.5.